The third kappa shape index (κ3) is 3.83. The summed E-state index contributed by atoms with van der Waals surface area (Å²) in [5.74, 6) is 0.242. The summed E-state index contributed by atoms with van der Waals surface area (Å²) in [4.78, 5) is 24.6. The highest BCUT2D eigenvalue weighted by atomic mass is 16.6. The van der Waals surface area contributed by atoms with Crippen LogP contribution in [0.4, 0.5) is 4.79 Å². The maximum absolute atomic E-state index is 11.8. The van der Waals surface area contributed by atoms with E-state index in [4.69, 9.17) is 4.74 Å². The Hall–Kier alpha value is -1.06. The van der Waals surface area contributed by atoms with Crippen LogP contribution < -0.4 is 0 Å². The molecule has 0 N–H and O–H groups in total. The minimum absolute atomic E-state index is 0.0103. The van der Waals surface area contributed by atoms with E-state index in [0.717, 1.165) is 12.8 Å². The Labute approximate surface area is 96.9 Å². The molecule has 0 unspecified atom stereocenters. The van der Waals surface area contributed by atoms with Gasteiger partial charge in [-0.05, 0) is 33.6 Å². The van der Waals surface area contributed by atoms with Crippen LogP contribution in [0.25, 0.3) is 0 Å². The lowest BCUT2D eigenvalue weighted by Crippen LogP contribution is -2.43. The number of carbonyl (C=O) groups excluding carboxylic acids is 2. The molecule has 0 spiro atoms. The molecule has 0 radical (unpaired) electrons. The molecule has 1 amide bonds. The summed E-state index contributed by atoms with van der Waals surface area (Å²) >= 11 is 0. The lowest BCUT2D eigenvalue weighted by atomic mass is 9.93. The Bertz CT molecular complexity index is 280. The summed E-state index contributed by atoms with van der Waals surface area (Å²) < 4.78 is 5.26. The number of nitrogens with zero attached hydrogens (tertiary/aromatic N) is 1. The van der Waals surface area contributed by atoms with Crippen molar-refractivity contribution in [2.24, 2.45) is 0 Å². The van der Waals surface area contributed by atoms with Gasteiger partial charge in [0.1, 0.15) is 11.4 Å². The molecule has 0 bridgehead atoms. The number of Topliss-reactive ketones (excluding diaryl/α,β-unsaturated/α-hetero) is 1. The van der Waals surface area contributed by atoms with Crippen LogP contribution >= 0.6 is 0 Å². The summed E-state index contributed by atoms with van der Waals surface area (Å²) in [5.41, 5.74) is -0.482. The highest BCUT2D eigenvalue weighted by Crippen LogP contribution is 2.21. The van der Waals surface area contributed by atoms with Gasteiger partial charge in [-0.3, -0.25) is 4.79 Å². The van der Waals surface area contributed by atoms with E-state index in [0.29, 0.717) is 12.8 Å². The van der Waals surface area contributed by atoms with E-state index in [1.54, 1.807) is 11.9 Å². The first-order valence-corrected chi connectivity index (χ1v) is 5.77. The van der Waals surface area contributed by atoms with Crippen molar-refractivity contribution in [3.05, 3.63) is 0 Å². The van der Waals surface area contributed by atoms with Crippen LogP contribution in [-0.2, 0) is 9.53 Å². The quantitative estimate of drug-likeness (QED) is 0.691. The zero-order chi connectivity index (χ0) is 12.3. The lowest BCUT2D eigenvalue weighted by molar-refractivity contribution is -0.121. The second-order valence-corrected chi connectivity index (χ2v) is 5.38. The zero-order valence-electron chi connectivity index (χ0n) is 10.6. The maximum atomic E-state index is 11.8. The van der Waals surface area contributed by atoms with Gasteiger partial charge in [-0.25, -0.2) is 4.79 Å². The van der Waals surface area contributed by atoms with Crippen molar-refractivity contribution in [2.45, 2.75) is 58.1 Å². The van der Waals surface area contributed by atoms with Gasteiger partial charge in [0.2, 0.25) is 0 Å². The van der Waals surface area contributed by atoms with E-state index in [-0.39, 0.29) is 17.9 Å². The molecule has 1 aliphatic rings. The zero-order valence-corrected chi connectivity index (χ0v) is 10.6. The number of hydrogen-bond acceptors (Lipinski definition) is 3. The van der Waals surface area contributed by atoms with Gasteiger partial charge in [0.15, 0.2) is 0 Å². The van der Waals surface area contributed by atoms with Gasteiger partial charge in [0.25, 0.3) is 0 Å². The fourth-order valence-corrected chi connectivity index (χ4v) is 1.82. The Morgan fingerprint density at radius 1 is 1.44 bits per heavy atom. The van der Waals surface area contributed by atoms with Gasteiger partial charge >= 0.3 is 6.09 Å². The molecule has 1 fully saturated rings. The van der Waals surface area contributed by atoms with Crippen molar-refractivity contribution < 1.29 is 14.3 Å². The number of ether oxygens (including phenoxy) is 1. The molecule has 0 aliphatic heterocycles. The van der Waals surface area contributed by atoms with E-state index >= 15 is 0 Å². The average Bonchev–Trinajstić information content (AvgIpc) is 2.14. The Morgan fingerprint density at radius 2 is 2.06 bits per heavy atom. The van der Waals surface area contributed by atoms with Crippen molar-refractivity contribution >= 4 is 11.9 Å². The molecular weight excluding hydrogens is 206 g/mol. The van der Waals surface area contributed by atoms with Crippen molar-refractivity contribution in [1.29, 1.82) is 0 Å². The first kappa shape index (κ1) is 13.0. The molecule has 0 heterocycles. The Balaban J connectivity index is 2.53. The van der Waals surface area contributed by atoms with Gasteiger partial charge in [-0.15, -0.1) is 0 Å². The number of hydrogen-bond donors (Lipinski definition) is 0. The van der Waals surface area contributed by atoms with Crippen LogP contribution in [0.3, 0.4) is 0 Å². The predicted octanol–water partition coefficient (Wildman–Crippen LogP) is 2.37. The fraction of sp³-hybridized carbons (Fsp3) is 0.833. The van der Waals surface area contributed by atoms with E-state index in [1.807, 2.05) is 20.8 Å². The number of rotatable bonds is 1. The van der Waals surface area contributed by atoms with Crippen LogP contribution in [-0.4, -0.2) is 35.5 Å². The first-order chi connectivity index (χ1) is 7.29. The average molecular weight is 227 g/mol. The van der Waals surface area contributed by atoms with E-state index < -0.39 is 5.60 Å². The number of amides is 1. The van der Waals surface area contributed by atoms with Gasteiger partial charge in [-0.1, -0.05) is 0 Å². The topological polar surface area (TPSA) is 46.6 Å². The second-order valence-electron chi connectivity index (χ2n) is 5.38. The van der Waals surface area contributed by atoms with Gasteiger partial charge in [0, 0.05) is 25.9 Å². The largest absolute Gasteiger partial charge is 0.444 e. The van der Waals surface area contributed by atoms with Crippen LogP contribution in [0.5, 0.6) is 0 Å². The third-order valence-corrected chi connectivity index (χ3v) is 2.69. The fourth-order valence-electron chi connectivity index (χ4n) is 1.82. The molecule has 4 heteroatoms. The third-order valence-electron chi connectivity index (χ3n) is 2.69. The molecule has 1 aliphatic carbocycles. The molecule has 0 aromatic carbocycles. The smallest absolute Gasteiger partial charge is 0.410 e. The molecule has 0 aromatic rings. The highest BCUT2D eigenvalue weighted by molar-refractivity contribution is 5.80. The Morgan fingerprint density at radius 3 is 2.56 bits per heavy atom. The first-order valence-electron chi connectivity index (χ1n) is 5.77. The van der Waals surface area contributed by atoms with Crippen molar-refractivity contribution in [3.63, 3.8) is 0 Å². The van der Waals surface area contributed by atoms with Crippen LogP contribution in [0.1, 0.15) is 46.5 Å². The normalized spacial score (nSPS) is 21.8. The summed E-state index contributed by atoms with van der Waals surface area (Å²) in [6.07, 6.45) is 2.54. The molecule has 1 rings (SSSR count). The van der Waals surface area contributed by atoms with Crippen molar-refractivity contribution in [1.82, 2.24) is 4.90 Å². The minimum Gasteiger partial charge on any atom is -0.444 e. The molecule has 92 valence electrons. The number of ketones is 1. The molecular formula is C12H21NO3. The summed E-state index contributed by atoms with van der Waals surface area (Å²) in [6, 6.07) is 0.0103. The monoisotopic (exact) mass is 227 g/mol. The summed E-state index contributed by atoms with van der Waals surface area (Å²) in [5, 5.41) is 0. The van der Waals surface area contributed by atoms with E-state index in [1.165, 1.54) is 0 Å². The van der Waals surface area contributed by atoms with Crippen LogP contribution in [0.15, 0.2) is 0 Å². The molecule has 1 atom stereocenters. The van der Waals surface area contributed by atoms with Gasteiger partial charge in [-0.2, -0.15) is 0 Å². The molecule has 0 saturated heterocycles. The predicted molar refractivity (Wildman–Crippen MR) is 61.3 cm³/mol. The molecule has 0 aromatic heterocycles. The molecule has 16 heavy (non-hydrogen) atoms. The standard InChI is InChI=1S/C12H21NO3/c1-12(2,3)16-11(15)13(4)9-6-5-7-10(14)8-9/h9H,5-8H2,1-4H3/t9-/m0/s1. The van der Waals surface area contributed by atoms with Gasteiger partial charge in [0.05, 0.1) is 0 Å². The highest BCUT2D eigenvalue weighted by Gasteiger charge is 2.28. The summed E-state index contributed by atoms with van der Waals surface area (Å²) in [6.45, 7) is 5.51. The second kappa shape index (κ2) is 4.85. The number of carbonyl (C=O) groups is 2. The van der Waals surface area contributed by atoms with E-state index in [2.05, 4.69) is 0 Å². The van der Waals surface area contributed by atoms with Crippen LogP contribution in [0, 0.1) is 0 Å². The van der Waals surface area contributed by atoms with Crippen LogP contribution in [0.2, 0.25) is 0 Å². The van der Waals surface area contributed by atoms with Gasteiger partial charge < -0.3 is 9.64 Å². The SMILES string of the molecule is CN(C(=O)OC(C)(C)C)[C@H]1CCCC(=O)C1. The van der Waals surface area contributed by atoms with E-state index in [9.17, 15) is 9.59 Å². The Kier molecular flexibility index (Phi) is 3.94. The minimum atomic E-state index is -0.482. The molecule has 4 nitrogen and oxygen atoms in total. The van der Waals surface area contributed by atoms with Crippen molar-refractivity contribution in [3.8, 4) is 0 Å². The maximum Gasteiger partial charge on any atom is 0.410 e. The van der Waals surface area contributed by atoms with Crippen molar-refractivity contribution in [2.75, 3.05) is 7.05 Å². The summed E-state index contributed by atoms with van der Waals surface area (Å²) in [7, 11) is 1.71. The molecule has 1 saturated carbocycles. The lowest BCUT2D eigenvalue weighted by Gasteiger charge is -2.32.